The zero-order valence-corrected chi connectivity index (χ0v) is 13.8. The monoisotopic (exact) mass is 329 g/mol. The van der Waals surface area contributed by atoms with E-state index in [4.69, 9.17) is 21.1 Å². The summed E-state index contributed by atoms with van der Waals surface area (Å²) in [5, 5.41) is 5.26. The molecule has 0 saturated carbocycles. The summed E-state index contributed by atoms with van der Waals surface area (Å²) in [6.45, 7) is 0.683. The Morgan fingerprint density at radius 3 is 2.61 bits per heavy atom. The Bertz CT molecular complexity index is 836. The van der Waals surface area contributed by atoms with Crippen molar-refractivity contribution in [1.82, 2.24) is 0 Å². The van der Waals surface area contributed by atoms with Gasteiger partial charge >= 0.3 is 0 Å². The number of fused-ring (bicyclic) bond motifs is 1. The molecule has 0 aliphatic rings. The third kappa shape index (κ3) is 3.32. The first-order valence-corrected chi connectivity index (χ1v) is 7.64. The lowest BCUT2D eigenvalue weighted by Crippen LogP contribution is -2.06. The molecule has 118 valence electrons. The Balaban J connectivity index is 1.83. The molecule has 0 unspecified atom stereocenters. The van der Waals surface area contributed by atoms with Gasteiger partial charge in [0.25, 0.3) is 0 Å². The number of hydrogen-bond acceptors (Lipinski definition) is 3. The van der Waals surface area contributed by atoms with Crippen molar-refractivity contribution in [2.24, 2.45) is 0 Å². The van der Waals surface area contributed by atoms with Crippen LogP contribution in [0.2, 0.25) is 5.02 Å². The molecule has 0 spiro atoms. The van der Waals surface area contributed by atoms with Crippen molar-refractivity contribution in [2.45, 2.75) is 6.54 Å². The lowest BCUT2D eigenvalue weighted by atomic mass is 10.1. The van der Waals surface area contributed by atoms with Crippen LogP contribution in [-0.4, -0.2) is 14.2 Å². The number of aromatic amines is 1. The molecular weight excluding hydrogens is 312 g/mol. The molecule has 0 bridgehead atoms. The van der Waals surface area contributed by atoms with E-state index in [0.29, 0.717) is 11.6 Å². The minimum Gasteiger partial charge on any atom is -0.493 e. The van der Waals surface area contributed by atoms with Crippen molar-refractivity contribution in [3.63, 3.8) is 0 Å². The van der Waals surface area contributed by atoms with Gasteiger partial charge in [-0.2, -0.15) is 0 Å². The number of ether oxygens (including phenoxy) is 2. The van der Waals surface area contributed by atoms with E-state index in [1.807, 2.05) is 48.7 Å². The molecular formula is C18H18ClN2O2+. The molecule has 1 aromatic heterocycles. The summed E-state index contributed by atoms with van der Waals surface area (Å²) in [5.41, 5.74) is 3.15. The number of hydrogen-bond donors (Lipinski definition) is 1. The Morgan fingerprint density at radius 1 is 1.00 bits per heavy atom. The van der Waals surface area contributed by atoms with Crippen LogP contribution in [-0.2, 0) is 6.54 Å². The number of H-pyrrole nitrogens is 1. The zero-order chi connectivity index (χ0) is 16.2. The molecule has 1 heterocycles. The topological polar surface area (TPSA) is 44.6 Å². The van der Waals surface area contributed by atoms with Crippen LogP contribution in [0.5, 0.6) is 11.5 Å². The predicted molar refractivity (Wildman–Crippen MR) is 92.4 cm³/mol. The van der Waals surface area contributed by atoms with Gasteiger partial charge in [-0.05, 0) is 29.8 Å². The summed E-state index contributed by atoms with van der Waals surface area (Å²) in [6.07, 6.45) is 1.90. The number of aromatic nitrogens is 1. The van der Waals surface area contributed by atoms with Crippen molar-refractivity contribution in [1.29, 1.82) is 0 Å². The maximum atomic E-state index is 6.04. The van der Waals surface area contributed by atoms with Crippen molar-refractivity contribution in [2.75, 3.05) is 19.5 Å². The Morgan fingerprint density at radius 2 is 1.83 bits per heavy atom. The van der Waals surface area contributed by atoms with Crippen molar-refractivity contribution in [3.8, 4) is 11.5 Å². The molecule has 3 rings (SSSR count). The number of halogens is 1. The minimum absolute atomic E-state index is 0.683. The second kappa shape index (κ2) is 6.75. The predicted octanol–water partition coefficient (Wildman–Crippen LogP) is 3.94. The lowest BCUT2D eigenvalue weighted by Gasteiger charge is -2.11. The van der Waals surface area contributed by atoms with Gasteiger partial charge in [0.15, 0.2) is 17.7 Å². The van der Waals surface area contributed by atoms with E-state index in [9.17, 15) is 0 Å². The van der Waals surface area contributed by atoms with E-state index in [0.717, 1.165) is 33.7 Å². The molecule has 0 saturated heterocycles. The Labute approximate surface area is 140 Å². The summed E-state index contributed by atoms with van der Waals surface area (Å²) >= 11 is 6.04. The summed E-state index contributed by atoms with van der Waals surface area (Å²) in [4.78, 5) is 3.20. The molecule has 4 nitrogen and oxygen atoms in total. The first-order valence-electron chi connectivity index (χ1n) is 7.26. The van der Waals surface area contributed by atoms with Gasteiger partial charge in [0, 0.05) is 23.7 Å². The average molecular weight is 330 g/mol. The number of methoxy groups -OCH3 is 2. The summed E-state index contributed by atoms with van der Waals surface area (Å²) in [5.74, 6) is 1.45. The molecule has 3 aromatic rings. The van der Waals surface area contributed by atoms with Crippen LogP contribution in [0.1, 0.15) is 5.56 Å². The van der Waals surface area contributed by atoms with E-state index in [2.05, 4.69) is 10.3 Å². The van der Waals surface area contributed by atoms with E-state index in [1.165, 1.54) is 0 Å². The van der Waals surface area contributed by atoms with Gasteiger partial charge < -0.3 is 14.8 Å². The fourth-order valence-electron chi connectivity index (χ4n) is 2.52. The van der Waals surface area contributed by atoms with Gasteiger partial charge in [0.1, 0.15) is 0 Å². The van der Waals surface area contributed by atoms with Crippen molar-refractivity contribution in [3.05, 3.63) is 59.2 Å². The van der Waals surface area contributed by atoms with Gasteiger partial charge in [-0.15, -0.1) is 0 Å². The largest absolute Gasteiger partial charge is 0.493 e. The second-order valence-corrected chi connectivity index (χ2v) is 5.56. The smallest absolute Gasteiger partial charge is 0.214 e. The SMILES string of the molecule is COc1ccc(CNc2cc[nH+]c3cc(Cl)ccc23)cc1OC. The molecule has 0 aliphatic carbocycles. The van der Waals surface area contributed by atoms with Crippen molar-refractivity contribution >= 4 is 28.2 Å². The standard InChI is InChI=1S/C18H17ClN2O2/c1-22-17-6-3-12(9-18(17)23-2)11-21-15-7-8-20-16-10-13(19)4-5-14(15)16/h3-10H,11H2,1-2H3,(H,20,21)/p+1. The summed E-state index contributed by atoms with van der Waals surface area (Å²) in [7, 11) is 3.27. The quantitative estimate of drug-likeness (QED) is 0.771. The maximum Gasteiger partial charge on any atom is 0.214 e. The molecule has 0 radical (unpaired) electrons. The molecule has 2 N–H and O–H groups in total. The van der Waals surface area contributed by atoms with Crippen LogP contribution in [0, 0.1) is 0 Å². The normalized spacial score (nSPS) is 10.6. The van der Waals surface area contributed by atoms with E-state index < -0.39 is 0 Å². The Hall–Kier alpha value is -2.46. The van der Waals surface area contributed by atoms with E-state index in [-0.39, 0.29) is 0 Å². The molecule has 2 aromatic carbocycles. The fourth-order valence-corrected chi connectivity index (χ4v) is 2.69. The molecule has 0 aliphatic heterocycles. The number of rotatable bonds is 5. The number of nitrogens with one attached hydrogen (secondary N) is 2. The molecule has 23 heavy (non-hydrogen) atoms. The highest BCUT2D eigenvalue weighted by Gasteiger charge is 2.08. The van der Waals surface area contributed by atoms with Gasteiger partial charge in [-0.25, -0.2) is 4.98 Å². The highest BCUT2D eigenvalue weighted by Crippen LogP contribution is 2.28. The van der Waals surface area contributed by atoms with Crippen LogP contribution in [0.4, 0.5) is 5.69 Å². The van der Waals surface area contributed by atoms with Gasteiger partial charge in [0.05, 0.1) is 25.3 Å². The van der Waals surface area contributed by atoms with Crippen LogP contribution in [0.25, 0.3) is 10.9 Å². The van der Waals surface area contributed by atoms with Crippen LogP contribution in [0.15, 0.2) is 48.7 Å². The van der Waals surface area contributed by atoms with E-state index >= 15 is 0 Å². The van der Waals surface area contributed by atoms with Gasteiger partial charge in [0.2, 0.25) is 5.52 Å². The van der Waals surface area contributed by atoms with Crippen LogP contribution >= 0.6 is 11.6 Å². The summed E-state index contributed by atoms with van der Waals surface area (Å²) in [6, 6.07) is 13.7. The zero-order valence-electron chi connectivity index (χ0n) is 13.0. The van der Waals surface area contributed by atoms with Crippen molar-refractivity contribution < 1.29 is 14.5 Å². The minimum atomic E-state index is 0.683. The molecule has 5 heteroatoms. The highest BCUT2D eigenvalue weighted by molar-refractivity contribution is 6.31. The van der Waals surface area contributed by atoms with Crippen LogP contribution in [0.3, 0.4) is 0 Å². The highest BCUT2D eigenvalue weighted by atomic mass is 35.5. The number of anilines is 1. The van der Waals surface area contributed by atoms with Gasteiger partial charge in [-0.3, -0.25) is 0 Å². The third-order valence-corrected chi connectivity index (χ3v) is 3.93. The molecule has 0 amide bonds. The van der Waals surface area contributed by atoms with Gasteiger partial charge in [-0.1, -0.05) is 17.7 Å². The first kappa shape index (κ1) is 15.4. The Kier molecular flexibility index (Phi) is 4.53. The van der Waals surface area contributed by atoms with Crippen LogP contribution < -0.4 is 19.8 Å². The first-order chi connectivity index (χ1) is 11.2. The number of benzene rings is 2. The molecule has 0 fully saturated rings. The average Bonchev–Trinajstić information content (AvgIpc) is 2.59. The molecule has 0 atom stereocenters. The maximum absolute atomic E-state index is 6.04. The fraction of sp³-hybridized carbons (Fsp3) is 0.167. The third-order valence-electron chi connectivity index (χ3n) is 3.69. The van der Waals surface area contributed by atoms with E-state index in [1.54, 1.807) is 14.2 Å². The lowest BCUT2D eigenvalue weighted by molar-refractivity contribution is -0.344. The second-order valence-electron chi connectivity index (χ2n) is 5.12. The summed E-state index contributed by atoms with van der Waals surface area (Å²) < 4.78 is 10.6. The number of pyridine rings is 1.